The van der Waals surface area contributed by atoms with Crippen LogP contribution in [-0.2, 0) is 12.8 Å². The molecule has 1 unspecified atom stereocenters. The van der Waals surface area contributed by atoms with E-state index in [9.17, 15) is 4.79 Å². The molecule has 1 aromatic carbocycles. The van der Waals surface area contributed by atoms with Gasteiger partial charge in [0.15, 0.2) is 5.65 Å². The number of H-pyrrole nitrogens is 1. The summed E-state index contributed by atoms with van der Waals surface area (Å²) in [6, 6.07) is 12.1. The van der Waals surface area contributed by atoms with Crippen LogP contribution in [0.25, 0.3) is 10.3 Å². The number of Topliss-reactive ketones (excluding diaryl/α,β-unsaturated/α-hetero) is 1. The minimum Gasteiger partial charge on any atom is -0.318 e. The number of hydrogen-bond acceptors (Lipinski definition) is 5. The summed E-state index contributed by atoms with van der Waals surface area (Å²) in [7, 11) is 0. The molecule has 1 fully saturated rings. The molecule has 0 spiro atoms. The Bertz CT molecular complexity index is 1230. The van der Waals surface area contributed by atoms with E-state index in [1.54, 1.807) is 17.5 Å². The number of benzene rings is 1. The molecule has 0 amide bonds. The molecule has 1 saturated carbocycles. The normalized spacial score (nSPS) is 18.5. The molecule has 6 rings (SSSR count). The number of aromatic amines is 1. The topological polar surface area (TPSA) is 75.9 Å². The number of thiazole rings is 1. The fourth-order valence-corrected chi connectivity index (χ4v) is 5.18. The summed E-state index contributed by atoms with van der Waals surface area (Å²) in [4.78, 5) is 23.0. The highest BCUT2D eigenvalue weighted by molar-refractivity contribution is 7.19. The highest BCUT2D eigenvalue weighted by atomic mass is 32.1. The van der Waals surface area contributed by atoms with Gasteiger partial charge in [-0.15, -0.1) is 11.3 Å². The highest BCUT2D eigenvalue weighted by Crippen LogP contribution is 2.43. The van der Waals surface area contributed by atoms with Crippen LogP contribution < -0.4 is 0 Å². The predicted molar refractivity (Wildman–Crippen MR) is 113 cm³/mol. The second kappa shape index (κ2) is 6.49. The molecule has 1 aliphatic carbocycles. The van der Waals surface area contributed by atoms with E-state index in [1.165, 1.54) is 0 Å². The Balaban J connectivity index is 1.41. The Morgan fingerprint density at radius 1 is 1.17 bits per heavy atom. The number of aromatic nitrogens is 4. The van der Waals surface area contributed by atoms with Crippen molar-refractivity contribution in [2.45, 2.75) is 37.8 Å². The molecule has 7 heteroatoms. The molecular formula is C22H19N5OS. The molecule has 0 saturated heterocycles. The van der Waals surface area contributed by atoms with Gasteiger partial charge in [0.05, 0.1) is 10.4 Å². The second-order valence-corrected chi connectivity index (χ2v) is 8.81. The van der Waals surface area contributed by atoms with Gasteiger partial charge in [-0.1, -0.05) is 30.3 Å². The third kappa shape index (κ3) is 2.84. The third-order valence-electron chi connectivity index (χ3n) is 5.63. The standard InChI is InChI=1S/C22H19N5OS/c28-20-17(10-13-4-2-1-3-5-13)23-12-16-19(20)27(15-6-7-15)22-21(16)29-18(25-22)11-14-8-9-24-26-14/h1-5,8-9,12,15,17H,6-7,10-11H2,(H,24,26). The number of hydrogen-bond donors (Lipinski definition) is 1. The molecule has 29 heavy (non-hydrogen) atoms. The van der Waals surface area contributed by atoms with Gasteiger partial charge in [0.1, 0.15) is 11.0 Å². The lowest BCUT2D eigenvalue weighted by atomic mass is 9.97. The zero-order chi connectivity index (χ0) is 19.4. The van der Waals surface area contributed by atoms with Gasteiger partial charge < -0.3 is 4.57 Å². The van der Waals surface area contributed by atoms with Crippen molar-refractivity contribution < 1.29 is 4.79 Å². The maximum atomic E-state index is 13.4. The van der Waals surface area contributed by atoms with Crippen LogP contribution in [0.3, 0.4) is 0 Å². The Morgan fingerprint density at radius 3 is 2.79 bits per heavy atom. The van der Waals surface area contributed by atoms with Gasteiger partial charge >= 0.3 is 0 Å². The first-order chi connectivity index (χ1) is 14.3. The van der Waals surface area contributed by atoms with Crippen molar-refractivity contribution >= 4 is 33.7 Å². The average molecular weight is 401 g/mol. The number of rotatable bonds is 5. The van der Waals surface area contributed by atoms with Crippen molar-refractivity contribution in [2.75, 3.05) is 0 Å². The van der Waals surface area contributed by atoms with Crippen molar-refractivity contribution in [1.82, 2.24) is 19.7 Å². The number of carbonyl (C=O) groups is 1. The first kappa shape index (κ1) is 16.9. The van der Waals surface area contributed by atoms with E-state index in [-0.39, 0.29) is 11.8 Å². The van der Waals surface area contributed by atoms with E-state index in [0.717, 1.165) is 57.1 Å². The third-order valence-corrected chi connectivity index (χ3v) is 6.70. The lowest BCUT2D eigenvalue weighted by Gasteiger charge is -2.18. The van der Waals surface area contributed by atoms with Gasteiger partial charge in [0, 0.05) is 42.6 Å². The van der Waals surface area contributed by atoms with Gasteiger partial charge in [-0.2, -0.15) is 5.10 Å². The number of nitrogens with one attached hydrogen (secondary N) is 1. The fraction of sp³-hybridized carbons (Fsp3) is 0.273. The minimum atomic E-state index is -0.351. The first-order valence-corrected chi connectivity index (χ1v) is 10.7. The van der Waals surface area contributed by atoms with Crippen LogP contribution in [0.5, 0.6) is 0 Å². The van der Waals surface area contributed by atoms with Gasteiger partial charge in [0.25, 0.3) is 0 Å². The zero-order valence-electron chi connectivity index (χ0n) is 15.7. The molecule has 0 bridgehead atoms. The van der Waals surface area contributed by atoms with Gasteiger partial charge in [-0.25, -0.2) is 4.98 Å². The molecule has 1 atom stereocenters. The van der Waals surface area contributed by atoms with Crippen LogP contribution in [0.2, 0.25) is 0 Å². The number of ketones is 1. The minimum absolute atomic E-state index is 0.124. The molecule has 1 aliphatic heterocycles. The summed E-state index contributed by atoms with van der Waals surface area (Å²) in [5, 5.41) is 8.05. The largest absolute Gasteiger partial charge is 0.318 e. The Labute approximate surface area is 171 Å². The number of nitrogens with zero attached hydrogens (tertiary/aromatic N) is 4. The number of aliphatic imine (C=N–C) groups is 1. The van der Waals surface area contributed by atoms with Gasteiger partial charge in [-0.3, -0.25) is 14.9 Å². The number of fused-ring (bicyclic) bond motifs is 3. The van der Waals surface area contributed by atoms with Gasteiger partial charge in [0.2, 0.25) is 5.78 Å². The van der Waals surface area contributed by atoms with E-state index in [4.69, 9.17) is 4.98 Å². The zero-order valence-corrected chi connectivity index (χ0v) is 16.5. The van der Waals surface area contributed by atoms with Crippen LogP contribution >= 0.6 is 11.3 Å². The summed E-state index contributed by atoms with van der Waals surface area (Å²) >= 11 is 1.66. The smallest absolute Gasteiger partial charge is 0.204 e. The molecular weight excluding hydrogens is 382 g/mol. The number of carbonyl (C=O) groups excluding carboxylic acids is 1. The molecule has 4 aromatic rings. The Morgan fingerprint density at radius 2 is 2.03 bits per heavy atom. The monoisotopic (exact) mass is 401 g/mol. The van der Waals surface area contributed by atoms with Crippen molar-refractivity contribution in [3.05, 3.63) is 70.1 Å². The molecule has 3 aromatic heterocycles. The molecule has 0 radical (unpaired) electrons. The van der Waals surface area contributed by atoms with Crippen molar-refractivity contribution in [3.63, 3.8) is 0 Å². The summed E-state index contributed by atoms with van der Waals surface area (Å²) in [5.41, 5.74) is 4.88. The second-order valence-electron chi connectivity index (χ2n) is 7.73. The molecule has 2 aliphatic rings. The average Bonchev–Trinajstić information content (AvgIpc) is 3.15. The van der Waals surface area contributed by atoms with E-state index in [0.29, 0.717) is 12.5 Å². The maximum absolute atomic E-state index is 13.4. The Kier molecular flexibility index (Phi) is 3.77. The Hall–Kier alpha value is -3.06. The van der Waals surface area contributed by atoms with Crippen molar-refractivity contribution in [3.8, 4) is 0 Å². The quantitative estimate of drug-likeness (QED) is 0.550. The predicted octanol–water partition coefficient (Wildman–Crippen LogP) is 3.97. The highest BCUT2D eigenvalue weighted by Gasteiger charge is 2.37. The van der Waals surface area contributed by atoms with Gasteiger partial charge in [-0.05, 0) is 24.5 Å². The van der Waals surface area contributed by atoms with E-state index in [2.05, 4.69) is 31.9 Å². The van der Waals surface area contributed by atoms with E-state index < -0.39 is 0 Å². The van der Waals surface area contributed by atoms with Crippen LogP contribution in [-0.4, -0.2) is 37.8 Å². The molecule has 1 N–H and O–H groups in total. The lowest BCUT2D eigenvalue weighted by molar-refractivity contribution is 0.0951. The fourth-order valence-electron chi connectivity index (χ4n) is 4.09. The van der Waals surface area contributed by atoms with Crippen LogP contribution in [0.1, 0.15) is 51.2 Å². The maximum Gasteiger partial charge on any atom is 0.204 e. The van der Waals surface area contributed by atoms with Crippen LogP contribution in [0, 0.1) is 0 Å². The van der Waals surface area contributed by atoms with E-state index >= 15 is 0 Å². The lowest BCUT2D eigenvalue weighted by Crippen LogP contribution is -2.28. The summed E-state index contributed by atoms with van der Waals surface area (Å²) < 4.78 is 3.28. The summed E-state index contributed by atoms with van der Waals surface area (Å²) in [6.07, 6.45) is 7.24. The first-order valence-electron chi connectivity index (χ1n) is 9.91. The summed E-state index contributed by atoms with van der Waals surface area (Å²) in [5.74, 6) is 0.124. The SMILES string of the molecule is O=C1c2c(c3sc(Cc4ccn[nH]4)nc3n2C2CC2)C=NC1Cc1ccccc1. The van der Waals surface area contributed by atoms with E-state index in [1.807, 2.05) is 30.5 Å². The van der Waals surface area contributed by atoms with Crippen LogP contribution in [0.4, 0.5) is 0 Å². The van der Waals surface area contributed by atoms with Crippen LogP contribution in [0.15, 0.2) is 47.6 Å². The summed E-state index contributed by atoms with van der Waals surface area (Å²) in [6.45, 7) is 0. The molecule has 4 heterocycles. The molecule has 144 valence electrons. The van der Waals surface area contributed by atoms with Crippen molar-refractivity contribution in [1.29, 1.82) is 0 Å². The van der Waals surface area contributed by atoms with Crippen molar-refractivity contribution in [2.24, 2.45) is 4.99 Å². The molecule has 6 nitrogen and oxygen atoms in total.